The zero-order chi connectivity index (χ0) is 22.5. The lowest BCUT2D eigenvalue weighted by Gasteiger charge is -2.40. The van der Waals surface area contributed by atoms with Crippen LogP contribution in [-0.4, -0.2) is 73.4 Å². The summed E-state index contributed by atoms with van der Waals surface area (Å²) in [4.78, 5) is 28.2. The first-order valence-corrected chi connectivity index (χ1v) is 9.42. The highest BCUT2D eigenvalue weighted by Crippen LogP contribution is 2.27. The summed E-state index contributed by atoms with van der Waals surface area (Å²) in [5.41, 5.74) is -0.742. The molecule has 1 heterocycles. The molecule has 1 aliphatic rings. The molecule has 2 rings (SSSR count). The van der Waals surface area contributed by atoms with E-state index in [4.69, 9.17) is 4.74 Å². The van der Waals surface area contributed by atoms with Crippen LogP contribution in [0, 0.1) is 5.82 Å². The average molecular weight is 432 g/mol. The Labute approximate surface area is 173 Å². The molecule has 0 aliphatic carbocycles. The van der Waals surface area contributed by atoms with Crippen molar-refractivity contribution >= 4 is 17.8 Å². The fourth-order valence-corrected chi connectivity index (χ4v) is 2.95. The summed E-state index contributed by atoms with van der Waals surface area (Å²) in [5, 5.41) is 5.12. The van der Waals surface area contributed by atoms with Crippen molar-refractivity contribution in [1.82, 2.24) is 15.1 Å². The molecule has 0 aromatic heterocycles. The number of rotatable bonds is 5. The van der Waals surface area contributed by atoms with Crippen LogP contribution in [0.4, 0.5) is 28.4 Å². The highest BCUT2D eigenvalue weighted by atomic mass is 19.3. The number of carbonyl (C=O) groups is 2. The number of ether oxygens (including phenoxy) is 2. The van der Waals surface area contributed by atoms with Gasteiger partial charge >= 0.3 is 18.7 Å². The molecule has 1 aliphatic heterocycles. The predicted molar refractivity (Wildman–Crippen MR) is 104 cm³/mol. The number of piperazine rings is 1. The molecule has 1 fully saturated rings. The minimum absolute atomic E-state index is 0.0838. The maximum atomic E-state index is 13.4. The van der Waals surface area contributed by atoms with Crippen LogP contribution in [0.25, 0.3) is 0 Å². The second-order valence-corrected chi connectivity index (χ2v) is 7.94. The summed E-state index contributed by atoms with van der Waals surface area (Å²) < 4.78 is 48.1. The van der Waals surface area contributed by atoms with Crippen LogP contribution < -0.4 is 15.4 Å². The van der Waals surface area contributed by atoms with E-state index in [0.717, 1.165) is 18.2 Å². The molecule has 168 valence electrons. The molecule has 30 heavy (non-hydrogen) atoms. The quantitative estimate of drug-likeness (QED) is 0.747. The number of urea groups is 1. The first-order valence-electron chi connectivity index (χ1n) is 9.42. The van der Waals surface area contributed by atoms with Gasteiger partial charge in [-0.1, -0.05) is 0 Å². The van der Waals surface area contributed by atoms with E-state index in [0.29, 0.717) is 19.6 Å². The third-order valence-electron chi connectivity index (χ3n) is 4.23. The SMILES string of the molecule is CN1CCN(C(=O)Nc2ccc(F)cc2OC(F)F)[C@H](CNC(=O)OC(C)(C)C)C1. The number of likely N-dealkylation sites (N-methyl/N-ethyl adjacent to an activating group) is 1. The number of nitrogens with zero attached hydrogens (tertiary/aromatic N) is 2. The molecule has 0 unspecified atom stereocenters. The van der Waals surface area contributed by atoms with Crippen LogP contribution in [0.1, 0.15) is 20.8 Å². The molecular formula is C19H27F3N4O4. The molecule has 1 aromatic rings. The molecule has 1 atom stereocenters. The molecule has 0 spiro atoms. The van der Waals surface area contributed by atoms with Gasteiger partial charge in [0.15, 0.2) is 5.75 Å². The maximum absolute atomic E-state index is 13.4. The number of alkyl carbamates (subject to hydrolysis) is 1. The van der Waals surface area contributed by atoms with Gasteiger partial charge in [-0.25, -0.2) is 14.0 Å². The van der Waals surface area contributed by atoms with Gasteiger partial charge in [-0.05, 0) is 40.0 Å². The second kappa shape index (κ2) is 9.88. The normalized spacial score (nSPS) is 17.6. The Bertz CT molecular complexity index is 758. The molecular weight excluding hydrogens is 405 g/mol. The lowest BCUT2D eigenvalue weighted by Crippen LogP contribution is -2.59. The molecule has 0 radical (unpaired) electrons. The maximum Gasteiger partial charge on any atom is 0.407 e. The van der Waals surface area contributed by atoms with E-state index >= 15 is 0 Å². The Kier molecular flexibility index (Phi) is 7.77. The molecule has 1 saturated heterocycles. The minimum Gasteiger partial charge on any atom is -0.444 e. The Morgan fingerprint density at radius 2 is 1.97 bits per heavy atom. The third-order valence-corrected chi connectivity index (χ3v) is 4.23. The topological polar surface area (TPSA) is 83.1 Å². The number of amides is 3. The Morgan fingerprint density at radius 1 is 1.27 bits per heavy atom. The molecule has 1 aromatic carbocycles. The van der Waals surface area contributed by atoms with Gasteiger partial charge in [-0.2, -0.15) is 8.78 Å². The smallest absolute Gasteiger partial charge is 0.407 e. The van der Waals surface area contributed by atoms with Gasteiger partial charge < -0.3 is 29.9 Å². The number of nitrogens with one attached hydrogen (secondary N) is 2. The predicted octanol–water partition coefficient (Wildman–Crippen LogP) is 3.10. The summed E-state index contributed by atoms with van der Waals surface area (Å²) in [6.45, 7) is 3.59. The van der Waals surface area contributed by atoms with Crippen molar-refractivity contribution in [3.63, 3.8) is 0 Å². The van der Waals surface area contributed by atoms with Crippen LogP contribution in [0.2, 0.25) is 0 Å². The fourth-order valence-electron chi connectivity index (χ4n) is 2.95. The molecule has 11 heteroatoms. The van der Waals surface area contributed by atoms with Crippen molar-refractivity contribution in [1.29, 1.82) is 0 Å². The highest BCUT2D eigenvalue weighted by Gasteiger charge is 2.30. The van der Waals surface area contributed by atoms with Crippen LogP contribution >= 0.6 is 0 Å². The van der Waals surface area contributed by atoms with Gasteiger partial charge in [-0.3, -0.25) is 0 Å². The van der Waals surface area contributed by atoms with Gasteiger partial charge in [0.1, 0.15) is 11.4 Å². The van der Waals surface area contributed by atoms with Crippen molar-refractivity contribution in [2.24, 2.45) is 0 Å². The minimum atomic E-state index is -3.17. The lowest BCUT2D eigenvalue weighted by atomic mass is 10.1. The van der Waals surface area contributed by atoms with Crippen molar-refractivity contribution in [3.8, 4) is 5.75 Å². The van der Waals surface area contributed by atoms with Crippen molar-refractivity contribution in [3.05, 3.63) is 24.0 Å². The van der Waals surface area contributed by atoms with E-state index in [1.54, 1.807) is 20.8 Å². The summed E-state index contributed by atoms with van der Waals surface area (Å²) >= 11 is 0. The molecule has 2 N–H and O–H groups in total. The number of anilines is 1. The van der Waals surface area contributed by atoms with E-state index in [1.807, 2.05) is 11.9 Å². The highest BCUT2D eigenvalue weighted by molar-refractivity contribution is 5.91. The van der Waals surface area contributed by atoms with Crippen molar-refractivity contribution in [2.75, 3.05) is 38.5 Å². The third kappa shape index (κ3) is 7.29. The van der Waals surface area contributed by atoms with Gasteiger partial charge in [0.25, 0.3) is 0 Å². The summed E-state index contributed by atoms with van der Waals surface area (Å²) in [7, 11) is 1.88. The second-order valence-electron chi connectivity index (χ2n) is 7.94. The van der Waals surface area contributed by atoms with Gasteiger partial charge in [-0.15, -0.1) is 0 Å². The average Bonchev–Trinajstić information content (AvgIpc) is 2.60. The van der Waals surface area contributed by atoms with Gasteiger partial charge in [0.2, 0.25) is 0 Å². The zero-order valence-electron chi connectivity index (χ0n) is 17.4. The van der Waals surface area contributed by atoms with Gasteiger partial charge in [0, 0.05) is 32.2 Å². The molecule has 3 amide bonds. The lowest BCUT2D eigenvalue weighted by molar-refractivity contribution is -0.0495. The number of benzene rings is 1. The Hall–Kier alpha value is -2.69. The number of alkyl halides is 2. The van der Waals surface area contributed by atoms with E-state index in [2.05, 4.69) is 15.4 Å². The summed E-state index contributed by atoms with van der Waals surface area (Å²) in [6.07, 6.45) is -0.609. The van der Waals surface area contributed by atoms with Gasteiger partial charge in [0.05, 0.1) is 11.7 Å². The Balaban J connectivity index is 2.08. The first kappa shape index (κ1) is 23.6. The van der Waals surface area contributed by atoms with Crippen LogP contribution in [0.15, 0.2) is 18.2 Å². The first-order chi connectivity index (χ1) is 13.9. The number of hydrogen-bond donors (Lipinski definition) is 2. The number of carbonyl (C=O) groups excluding carboxylic acids is 2. The van der Waals surface area contributed by atoms with E-state index in [-0.39, 0.29) is 12.2 Å². The number of hydrogen-bond acceptors (Lipinski definition) is 5. The molecule has 0 saturated carbocycles. The molecule has 0 bridgehead atoms. The largest absolute Gasteiger partial charge is 0.444 e. The summed E-state index contributed by atoms with van der Waals surface area (Å²) in [6, 6.07) is 1.97. The van der Waals surface area contributed by atoms with E-state index in [1.165, 1.54) is 4.90 Å². The van der Waals surface area contributed by atoms with Crippen LogP contribution in [-0.2, 0) is 4.74 Å². The standard InChI is InChI=1S/C19H27F3N4O4/c1-19(2,3)30-18(28)23-10-13-11-25(4)7-8-26(13)17(27)24-14-6-5-12(20)9-15(14)29-16(21)22/h5-6,9,13,16H,7-8,10-11H2,1-4H3,(H,23,28)(H,24,27)/t13-/m1/s1. The zero-order valence-corrected chi connectivity index (χ0v) is 17.4. The summed E-state index contributed by atoms with van der Waals surface area (Å²) in [5.74, 6) is -1.25. The Morgan fingerprint density at radius 3 is 2.60 bits per heavy atom. The molecule has 8 nitrogen and oxygen atoms in total. The fraction of sp³-hybridized carbons (Fsp3) is 0.579. The van der Waals surface area contributed by atoms with Crippen LogP contribution in [0.5, 0.6) is 5.75 Å². The van der Waals surface area contributed by atoms with Crippen molar-refractivity contribution < 1.29 is 32.2 Å². The van der Waals surface area contributed by atoms with E-state index in [9.17, 15) is 22.8 Å². The number of halogens is 3. The van der Waals surface area contributed by atoms with E-state index < -0.39 is 41.9 Å². The monoisotopic (exact) mass is 432 g/mol. The van der Waals surface area contributed by atoms with Crippen LogP contribution in [0.3, 0.4) is 0 Å². The van der Waals surface area contributed by atoms with Crippen molar-refractivity contribution in [2.45, 2.75) is 39.0 Å².